The second-order valence-corrected chi connectivity index (χ2v) is 2.59. The van der Waals surface area contributed by atoms with Crippen LogP contribution >= 0.6 is 0 Å². The predicted octanol–water partition coefficient (Wildman–Crippen LogP) is 0.952. The van der Waals surface area contributed by atoms with E-state index in [9.17, 15) is 4.79 Å². The van der Waals surface area contributed by atoms with Crippen LogP contribution in [0, 0.1) is 6.20 Å². The van der Waals surface area contributed by atoms with Crippen molar-refractivity contribution in [1.29, 1.82) is 0 Å². The van der Waals surface area contributed by atoms with Crippen molar-refractivity contribution in [1.82, 2.24) is 9.94 Å². The van der Waals surface area contributed by atoms with Gasteiger partial charge in [0, 0.05) is 0 Å². The molecule has 1 aromatic heterocycles. The molecule has 1 heterocycles. The van der Waals surface area contributed by atoms with Gasteiger partial charge in [-0.15, -0.1) is 5.10 Å². The van der Waals surface area contributed by atoms with Crippen molar-refractivity contribution < 1.29 is 9.63 Å². The van der Waals surface area contributed by atoms with E-state index in [-0.39, 0.29) is 0 Å². The maximum Gasteiger partial charge on any atom is 0.365 e. The third kappa shape index (κ3) is 1.80. The van der Waals surface area contributed by atoms with Gasteiger partial charge in [0.1, 0.15) is 6.20 Å². The van der Waals surface area contributed by atoms with Gasteiger partial charge in [-0.3, -0.25) is 0 Å². The number of hydrogen-bond donors (Lipinski definition) is 0. The second kappa shape index (κ2) is 3.74. The highest BCUT2D eigenvalue weighted by Gasteiger charge is 2.06. The normalized spacial score (nSPS) is 9.71. The van der Waals surface area contributed by atoms with E-state index >= 15 is 0 Å². The first-order valence-electron chi connectivity index (χ1n) is 4.06. The summed E-state index contributed by atoms with van der Waals surface area (Å²) in [5, 5.41) is 3.63. The summed E-state index contributed by atoms with van der Waals surface area (Å²) >= 11 is 0. The van der Waals surface area contributed by atoms with Gasteiger partial charge in [-0.2, -0.15) is 0 Å². The quantitative estimate of drug-likeness (QED) is 0.703. The fraction of sp³-hybridized carbons (Fsp3) is 0. The molecule has 4 heteroatoms. The Balaban J connectivity index is 2.11. The van der Waals surface area contributed by atoms with Crippen molar-refractivity contribution >= 4 is 5.97 Å². The first-order valence-corrected chi connectivity index (χ1v) is 4.06. The Kier molecular flexibility index (Phi) is 2.27. The zero-order chi connectivity index (χ0) is 9.80. The number of hydrogen-bond acceptors (Lipinski definition) is 3. The molecule has 0 aliphatic carbocycles. The SMILES string of the molecule is O=C(On1cc[c]n1)c1ccccc1. The molecule has 0 amide bonds. The fourth-order valence-electron chi connectivity index (χ4n) is 0.983. The summed E-state index contributed by atoms with van der Waals surface area (Å²) in [6.07, 6.45) is 4.02. The fourth-order valence-corrected chi connectivity index (χ4v) is 0.983. The van der Waals surface area contributed by atoms with Gasteiger partial charge < -0.3 is 4.84 Å². The minimum atomic E-state index is -0.442. The minimum Gasteiger partial charge on any atom is -0.314 e. The van der Waals surface area contributed by atoms with Crippen LogP contribution in [0.15, 0.2) is 42.6 Å². The van der Waals surface area contributed by atoms with Gasteiger partial charge in [-0.25, -0.2) is 4.79 Å². The van der Waals surface area contributed by atoms with Crippen molar-refractivity contribution in [2.75, 3.05) is 0 Å². The van der Waals surface area contributed by atoms with E-state index in [1.807, 2.05) is 6.07 Å². The smallest absolute Gasteiger partial charge is 0.314 e. The van der Waals surface area contributed by atoms with Crippen LogP contribution in [0.4, 0.5) is 0 Å². The molecule has 0 bridgehead atoms. The summed E-state index contributed by atoms with van der Waals surface area (Å²) in [6.45, 7) is 0. The molecule has 0 aliphatic rings. The van der Waals surface area contributed by atoms with Crippen molar-refractivity contribution in [3.05, 3.63) is 54.4 Å². The molecule has 2 rings (SSSR count). The molecule has 14 heavy (non-hydrogen) atoms. The highest BCUT2D eigenvalue weighted by molar-refractivity contribution is 5.89. The molecule has 4 nitrogen and oxygen atoms in total. The van der Waals surface area contributed by atoms with E-state index in [0.29, 0.717) is 5.56 Å². The standard InChI is InChI=1S/C10H7N2O2/c13-10(9-5-2-1-3-6-9)14-12-8-4-7-11-12/h1-6,8H. The average Bonchev–Trinajstić information content (AvgIpc) is 2.72. The Hall–Kier alpha value is -2.10. The van der Waals surface area contributed by atoms with E-state index in [2.05, 4.69) is 11.3 Å². The summed E-state index contributed by atoms with van der Waals surface area (Å²) in [7, 11) is 0. The number of rotatable bonds is 2. The van der Waals surface area contributed by atoms with E-state index in [1.54, 1.807) is 30.3 Å². The molecule has 2 aromatic rings. The van der Waals surface area contributed by atoms with Crippen molar-refractivity contribution in [3.8, 4) is 0 Å². The summed E-state index contributed by atoms with van der Waals surface area (Å²) in [6, 6.07) is 10.3. The van der Waals surface area contributed by atoms with E-state index in [4.69, 9.17) is 4.84 Å². The number of nitrogens with zero attached hydrogens (tertiary/aromatic N) is 2. The van der Waals surface area contributed by atoms with E-state index < -0.39 is 5.97 Å². The van der Waals surface area contributed by atoms with Gasteiger partial charge in [0.25, 0.3) is 0 Å². The molecule has 1 aromatic carbocycles. The Labute approximate surface area is 80.7 Å². The predicted molar refractivity (Wildman–Crippen MR) is 48.4 cm³/mol. The molecule has 69 valence electrons. The van der Waals surface area contributed by atoms with Crippen LogP contribution in [-0.2, 0) is 0 Å². The Morgan fingerprint density at radius 3 is 2.79 bits per heavy atom. The molecule has 0 atom stereocenters. The van der Waals surface area contributed by atoms with Crippen LogP contribution in [-0.4, -0.2) is 15.9 Å². The number of benzene rings is 1. The highest BCUT2D eigenvalue weighted by Crippen LogP contribution is 1.98. The molecule has 0 aliphatic heterocycles. The Bertz CT molecular complexity index is 409. The largest absolute Gasteiger partial charge is 0.365 e. The van der Waals surface area contributed by atoms with Crippen molar-refractivity contribution in [3.63, 3.8) is 0 Å². The lowest BCUT2D eigenvalue weighted by Gasteiger charge is -2.01. The second-order valence-electron chi connectivity index (χ2n) is 2.59. The molecule has 0 saturated heterocycles. The maximum atomic E-state index is 11.4. The van der Waals surface area contributed by atoms with Gasteiger partial charge >= 0.3 is 5.97 Å². The van der Waals surface area contributed by atoms with Crippen LogP contribution in [0.1, 0.15) is 10.4 Å². The van der Waals surface area contributed by atoms with Crippen LogP contribution in [0.2, 0.25) is 0 Å². The minimum absolute atomic E-state index is 0.442. The van der Waals surface area contributed by atoms with E-state index in [1.165, 1.54) is 6.20 Å². The third-order valence-corrected chi connectivity index (χ3v) is 1.62. The summed E-state index contributed by atoms with van der Waals surface area (Å²) in [4.78, 5) is 17.4. The summed E-state index contributed by atoms with van der Waals surface area (Å²) in [5.74, 6) is -0.442. The van der Waals surface area contributed by atoms with Gasteiger partial charge in [0.15, 0.2) is 0 Å². The molecule has 0 spiro atoms. The van der Waals surface area contributed by atoms with Crippen molar-refractivity contribution in [2.45, 2.75) is 0 Å². The monoisotopic (exact) mass is 187 g/mol. The highest BCUT2D eigenvalue weighted by atomic mass is 16.7. The molecular weight excluding hydrogens is 180 g/mol. The van der Waals surface area contributed by atoms with Crippen LogP contribution in [0.25, 0.3) is 0 Å². The molecule has 0 N–H and O–H groups in total. The van der Waals surface area contributed by atoms with Gasteiger partial charge in [-0.05, 0) is 18.2 Å². The number of aromatic nitrogens is 2. The van der Waals surface area contributed by atoms with Gasteiger partial charge in [0.05, 0.1) is 11.8 Å². The van der Waals surface area contributed by atoms with Gasteiger partial charge in [0.2, 0.25) is 0 Å². The zero-order valence-electron chi connectivity index (χ0n) is 7.25. The molecule has 1 radical (unpaired) electrons. The topological polar surface area (TPSA) is 44.1 Å². The molecule has 0 unspecified atom stereocenters. The average molecular weight is 187 g/mol. The first-order chi connectivity index (χ1) is 6.86. The van der Waals surface area contributed by atoms with Gasteiger partial charge in [-0.1, -0.05) is 23.0 Å². The number of carbonyl (C=O) groups excluding carboxylic acids is 1. The number of carbonyl (C=O) groups is 1. The van der Waals surface area contributed by atoms with Crippen LogP contribution in [0.5, 0.6) is 0 Å². The third-order valence-electron chi connectivity index (χ3n) is 1.62. The molecule has 0 fully saturated rings. The maximum absolute atomic E-state index is 11.4. The zero-order valence-corrected chi connectivity index (χ0v) is 7.25. The van der Waals surface area contributed by atoms with E-state index in [0.717, 1.165) is 4.85 Å². The van der Waals surface area contributed by atoms with Crippen molar-refractivity contribution in [2.24, 2.45) is 0 Å². The Morgan fingerprint density at radius 2 is 2.14 bits per heavy atom. The molecular formula is C10H7N2O2. The Morgan fingerprint density at radius 1 is 1.36 bits per heavy atom. The first kappa shape index (κ1) is 8.50. The summed E-state index contributed by atoms with van der Waals surface area (Å²) in [5.41, 5.74) is 0.489. The summed E-state index contributed by atoms with van der Waals surface area (Å²) < 4.78 is 0. The lowest BCUT2D eigenvalue weighted by atomic mass is 10.2. The van der Waals surface area contributed by atoms with Crippen LogP contribution in [0.3, 0.4) is 0 Å². The lowest BCUT2D eigenvalue weighted by Crippen LogP contribution is -2.19. The lowest BCUT2D eigenvalue weighted by molar-refractivity contribution is 0.0394. The van der Waals surface area contributed by atoms with Crippen LogP contribution < -0.4 is 4.84 Å². The molecule has 0 saturated carbocycles.